The largest absolute Gasteiger partial charge is 0.497 e. The van der Waals surface area contributed by atoms with Crippen LogP contribution in [0.1, 0.15) is 37.2 Å². The van der Waals surface area contributed by atoms with E-state index in [1.807, 2.05) is 38.1 Å². The Balaban J connectivity index is 1.72. The summed E-state index contributed by atoms with van der Waals surface area (Å²) < 4.78 is 13.0. The summed E-state index contributed by atoms with van der Waals surface area (Å²) in [6.07, 6.45) is 2.51. The molecule has 9 heteroatoms. The molecular weight excluding hydrogens is 438 g/mol. The van der Waals surface area contributed by atoms with Gasteiger partial charge in [-0.3, -0.25) is 10.2 Å². The van der Waals surface area contributed by atoms with Gasteiger partial charge in [0.1, 0.15) is 16.5 Å². The lowest BCUT2D eigenvalue weighted by molar-refractivity contribution is -0.114. The van der Waals surface area contributed by atoms with Gasteiger partial charge in [0.15, 0.2) is 5.84 Å². The van der Waals surface area contributed by atoms with E-state index in [0.717, 1.165) is 34.1 Å². The minimum absolute atomic E-state index is 0.0445. The fraction of sp³-hybridized carbons (Fsp3) is 0.333. The van der Waals surface area contributed by atoms with Crippen LogP contribution < -0.4 is 9.47 Å². The number of carbonyl (C=O) groups is 1. The van der Waals surface area contributed by atoms with E-state index in [4.69, 9.17) is 14.9 Å². The van der Waals surface area contributed by atoms with Crippen LogP contribution in [0.2, 0.25) is 0 Å². The first-order valence-electron chi connectivity index (χ1n) is 10.6. The van der Waals surface area contributed by atoms with Crippen LogP contribution in [0.15, 0.2) is 39.9 Å². The summed E-state index contributed by atoms with van der Waals surface area (Å²) in [5.74, 6) is 1.43. The van der Waals surface area contributed by atoms with E-state index >= 15 is 0 Å². The molecule has 0 unspecified atom stereocenters. The first kappa shape index (κ1) is 22.8. The Kier molecular flexibility index (Phi) is 6.16. The second-order valence-electron chi connectivity index (χ2n) is 8.31. The molecule has 2 aliphatic rings. The van der Waals surface area contributed by atoms with Crippen LogP contribution in [0.3, 0.4) is 0 Å². The number of hydrazone groups is 1. The molecule has 172 valence electrons. The van der Waals surface area contributed by atoms with Gasteiger partial charge in [0.05, 0.1) is 25.5 Å². The van der Waals surface area contributed by atoms with Crippen molar-refractivity contribution in [1.29, 1.82) is 5.41 Å². The molecule has 0 saturated carbocycles. The number of aryl methyl sites for hydroxylation is 1. The van der Waals surface area contributed by atoms with Gasteiger partial charge in [-0.25, -0.2) is 0 Å². The molecule has 4 rings (SSSR count). The first-order chi connectivity index (χ1) is 15.7. The number of rotatable bonds is 6. The van der Waals surface area contributed by atoms with Crippen molar-refractivity contribution in [1.82, 2.24) is 9.58 Å². The number of hydrogen-bond donors (Lipinski definition) is 1. The molecule has 1 aromatic carbocycles. The minimum atomic E-state index is -0.424. The van der Waals surface area contributed by atoms with Crippen LogP contribution in [-0.2, 0) is 4.79 Å². The van der Waals surface area contributed by atoms with Gasteiger partial charge in [-0.1, -0.05) is 13.8 Å². The van der Waals surface area contributed by atoms with Crippen molar-refractivity contribution in [3.05, 3.63) is 46.8 Å². The Hall–Kier alpha value is -3.33. The fourth-order valence-electron chi connectivity index (χ4n) is 3.89. The standard InChI is InChI=1S/C24H27N5O3S/c1-13(2)9-21-27-29-22(25)18(23(30)26-24(29)33-21)11-16-10-14(3)28(15(16)4)19-8-7-17(31-5)12-20(19)32-6/h7-8,10-13,25H,9H2,1-6H3/b18-11+,25-22?. The highest BCUT2D eigenvalue weighted by Gasteiger charge is 2.35. The van der Waals surface area contributed by atoms with Crippen LogP contribution in [0.25, 0.3) is 11.8 Å². The summed E-state index contributed by atoms with van der Waals surface area (Å²) >= 11 is 1.36. The highest BCUT2D eigenvalue weighted by Crippen LogP contribution is 2.34. The smallest absolute Gasteiger partial charge is 0.283 e. The van der Waals surface area contributed by atoms with Crippen molar-refractivity contribution in [2.45, 2.75) is 34.1 Å². The van der Waals surface area contributed by atoms with Gasteiger partial charge in [-0.2, -0.15) is 15.1 Å². The number of nitrogens with one attached hydrogen (secondary N) is 1. The van der Waals surface area contributed by atoms with E-state index in [1.165, 1.54) is 16.8 Å². The van der Waals surface area contributed by atoms with Gasteiger partial charge in [-0.05, 0) is 61.4 Å². The summed E-state index contributed by atoms with van der Waals surface area (Å²) in [6, 6.07) is 7.63. The maximum absolute atomic E-state index is 12.8. The quantitative estimate of drug-likeness (QED) is 0.620. The number of hydrogen-bond acceptors (Lipinski definition) is 6. The SMILES string of the molecule is COc1ccc(-n2c(C)cc(/C=C3\C(=N)N4N=C(CC(C)C)SC4=NC3=O)c2C)c(OC)c1. The maximum Gasteiger partial charge on any atom is 0.283 e. The van der Waals surface area contributed by atoms with Gasteiger partial charge < -0.3 is 14.0 Å². The van der Waals surface area contributed by atoms with Crippen molar-refractivity contribution in [3.63, 3.8) is 0 Å². The van der Waals surface area contributed by atoms with Crippen LogP contribution in [0.4, 0.5) is 0 Å². The number of aliphatic imine (C=N–C) groups is 1. The number of carbonyl (C=O) groups excluding carboxylic acids is 1. The lowest BCUT2D eigenvalue weighted by Crippen LogP contribution is -2.35. The topological polar surface area (TPSA) is 92.3 Å². The predicted octanol–water partition coefficient (Wildman–Crippen LogP) is 4.78. The second-order valence-corrected chi connectivity index (χ2v) is 9.35. The zero-order valence-corrected chi connectivity index (χ0v) is 20.4. The van der Waals surface area contributed by atoms with Crippen LogP contribution in [0.5, 0.6) is 11.5 Å². The monoisotopic (exact) mass is 465 g/mol. The molecular formula is C24H27N5O3S. The van der Waals surface area contributed by atoms with Gasteiger partial charge >= 0.3 is 0 Å². The Morgan fingerprint density at radius 1 is 1.18 bits per heavy atom. The third kappa shape index (κ3) is 4.20. The molecule has 0 radical (unpaired) electrons. The molecule has 0 saturated heterocycles. The molecule has 0 aliphatic carbocycles. The Morgan fingerprint density at radius 3 is 2.61 bits per heavy atom. The number of aromatic nitrogens is 1. The third-order valence-electron chi connectivity index (χ3n) is 5.48. The number of amidine groups is 2. The zero-order valence-electron chi connectivity index (χ0n) is 19.6. The molecule has 1 N–H and O–H groups in total. The number of fused-ring (bicyclic) bond motifs is 1. The summed E-state index contributed by atoms with van der Waals surface area (Å²) in [5, 5.41) is 15.9. The molecule has 1 amide bonds. The normalized spacial score (nSPS) is 16.9. The number of thioether (sulfide) groups is 1. The number of nitrogens with zero attached hydrogens (tertiary/aromatic N) is 4. The highest BCUT2D eigenvalue weighted by molar-refractivity contribution is 8.26. The lowest BCUT2D eigenvalue weighted by atomic mass is 10.1. The molecule has 3 heterocycles. The molecule has 0 fully saturated rings. The lowest BCUT2D eigenvalue weighted by Gasteiger charge is -2.20. The van der Waals surface area contributed by atoms with Crippen LogP contribution in [-0.4, -0.2) is 45.7 Å². The van der Waals surface area contributed by atoms with Crippen molar-refractivity contribution in [2.75, 3.05) is 14.2 Å². The van der Waals surface area contributed by atoms with Gasteiger partial charge in [0, 0.05) is 23.9 Å². The Morgan fingerprint density at radius 2 is 1.94 bits per heavy atom. The molecule has 2 aliphatic heterocycles. The summed E-state index contributed by atoms with van der Waals surface area (Å²) in [7, 11) is 3.23. The number of methoxy groups -OCH3 is 2. The van der Waals surface area contributed by atoms with E-state index in [0.29, 0.717) is 22.6 Å². The van der Waals surface area contributed by atoms with Gasteiger partial charge in [0.25, 0.3) is 5.91 Å². The molecule has 0 bridgehead atoms. The molecule has 0 spiro atoms. The van der Waals surface area contributed by atoms with E-state index in [-0.39, 0.29) is 11.4 Å². The molecule has 0 atom stereocenters. The first-order valence-corrected chi connectivity index (χ1v) is 11.5. The summed E-state index contributed by atoms with van der Waals surface area (Å²) in [5.41, 5.74) is 3.79. The average Bonchev–Trinajstić information content (AvgIpc) is 3.29. The van der Waals surface area contributed by atoms with E-state index in [2.05, 4.69) is 28.5 Å². The second kappa shape index (κ2) is 8.90. The number of amides is 1. The zero-order chi connectivity index (χ0) is 23.9. The van der Waals surface area contributed by atoms with Crippen LogP contribution in [0, 0.1) is 25.2 Å². The van der Waals surface area contributed by atoms with Crippen molar-refractivity contribution in [3.8, 4) is 17.2 Å². The fourth-order valence-corrected chi connectivity index (χ4v) is 4.99. The third-order valence-corrected chi connectivity index (χ3v) is 6.41. The van der Waals surface area contributed by atoms with E-state index < -0.39 is 5.91 Å². The van der Waals surface area contributed by atoms with Crippen molar-refractivity contribution < 1.29 is 14.3 Å². The summed E-state index contributed by atoms with van der Waals surface area (Å²) in [4.78, 5) is 17.0. The van der Waals surface area contributed by atoms with Gasteiger partial charge in [-0.15, -0.1) is 0 Å². The molecule has 2 aromatic rings. The van der Waals surface area contributed by atoms with Crippen molar-refractivity contribution in [2.24, 2.45) is 16.0 Å². The summed E-state index contributed by atoms with van der Waals surface area (Å²) in [6.45, 7) is 8.18. The maximum atomic E-state index is 12.8. The van der Waals surface area contributed by atoms with Crippen LogP contribution >= 0.6 is 11.8 Å². The highest BCUT2D eigenvalue weighted by atomic mass is 32.2. The molecule has 1 aromatic heterocycles. The predicted molar refractivity (Wildman–Crippen MR) is 133 cm³/mol. The number of ether oxygens (including phenoxy) is 2. The Bertz CT molecular complexity index is 1240. The number of benzene rings is 1. The molecule has 8 nitrogen and oxygen atoms in total. The molecule has 33 heavy (non-hydrogen) atoms. The van der Waals surface area contributed by atoms with E-state index in [9.17, 15) is 4.79 Å². The van der Waals surface area contributed by atoms with Gasteiger partial charge in [0.2, 0.25) is 5.17 Å². The van der Waals surface area contributed by atoms with Crippen molar-refractivity contribution >= 4 is 39.8 Å². The Labute approximate surface area is 197 Å². The average molecular weight is 466 g/mol. The minimum Gasteiger partial charge on any atom is -0.497 e. The van der Waals surface area contributed by atoms with E-state index in [1.54, 1.807) is 20.3 Å².